The van der Waals surface area contributed by atoms with Crippen LogP contribution >= 0.6 is 0 Å². The Morgan fingerprint density at radius 3 is 2.41 bits per heavy atom. The highest BCUT2D eigenvalue weighted by molar-refractivity contribution is 5.95. The number of nitrogens with zero attached hydrogens (tertiary/aromatic N) is 2. The quantitative estimate of drug-likeness (QED) is 0.757. The first kappa shape index (κ1) is 16.5. The summed E-state index contributed by atoms with van der Waals surface area (Å²) in [6, 6.07) is 9.42. The summed E-state index contributed by atoms with van der Waals surface area (Å²) in [6.45, 7) is 6.22. The summed E-state index contributed by atoms with van der Waals surface area (Å²) in [6.07, 6.45) is 1.20. The number of piperazine rings is 1. The van der Waals surface area contributed by atoms with Crippen molar-refractivity contribution in [2.45, 2.75) is 19.8 Å². The van der Waals surface area contributed by atoms with Crippen molar-refractivity contribution in [1.82, 2.24) is 9.80 Å². The van der Waals surface area contributed by atoms with E-state index in [-0.39, 0.29) is 11.9 Å². The van der Waals surface area contributed by atoms with Gasteiger partial charge >= 0.3 is 6.09 Å². The molecular formula is C17H24N2O3. The highest BCUT2D eigenvalue weighted by atomic mass is 16.6. The van der Waals surface area contributed by atoms with E-state index in [0.717, 1.165) is 31.6 Å². The molecule has 1 aliphatic rings. The molecule has 0 N–H and O–H groups in total. The Morgan fingerprint density at radius 2 is 1.77 bits per heavy atom. The number of amides is 1. The predicted molar refractivity (Wildman–Crippen MR) is 85.0 cm³/mol. The first-order valence-corrected chi connectivity index (χ1v) is 7.93. The number of hydrogen-bond donors (Lipinski definition) is 0. The molecule has 22 heavy (non-hydrogen) atoms. The second-order valence-corrected chi connectivity index (χ2v) is 5.42. The first-order chi connectivity index (χ1) is 10.7. The molecule has 0 spiro atoms. The Balaban J connectivity index is 1.65. The average Bonchev–Trinajstić information content (AvgIpc) is 2.56. The van der Waals surface area contributed by atoms with Crippen LogP contribution in [0.3, 0.4) is 0 Å². The molecule has 0 atom stereocenters. The van der Waals surface area contributed by atoms with Crippen LogP contribution in [-0.2, 0) is 4.74 Å². The van der Waals surface area contributed by atoms with Crippen molar-refractivity contribution in [2.75, 3.05) is 39.3 Å². The molecule has 1 aromatic rings. The lowest BCUT2D eigenvalue weighted by molar-refractivity contribution is 0.0787. The van der Waals surface area contributed by atoms with Gasteiger partial charge in [0, 0.05) is 38.2 Å². The van der Waals surface area contributed by atoms with Crippen molar-refractivity contribution >= 4 is 11.9 Å². The van der Waals surface area contributed by atoms with E-state index in [0.29, 0.717) is 26.1 Å². The normalized spacial score (nSPS) is 15.6. The third-order valence-corrected chi connectivity index (χ3v) is 3.87. The van der Waals surface area contributed by atoms with Crippen LogP contribution in [0.25, 0.3) is 0 Å². The van der Waals surface area contributed by atoms with Gasteiger partial charge in [0.2, 0.25) is 0 Å². The Morgan fingerprint density at radius 1 is 1.09 bits per heavy atom. The van der Waals surface area contributed by atoms with Crippen molar-refractivity contribution in [1.29, 1.82) is 0 Å². The van der Waals surface area contributed by atoms with Crippen LogP contribution in [0.4, 0.5) is 4.79 Å². The molecular weight excluding hydrogens is 280 g/mol. The van der Waals surface area contributed by atoms with E-state index in [1.165, 1.54) is 0 Å². The molecule has 1 saturated heterocycles. The van der Waals surface area contributed by atoms with Crippen LogP contribution in [0.2, 0.25) is 0 Å². The monoisotopic (exact) mass is 304 g/mol. The maximum atomic E-state index is 12.0. The average molecular weight is 304 g/mol. The topological polar surface area (TPSA) is 49.9 Å². The Kier molecular flexibility index (Phi) is 6.40. The Hall–Kier alpha value is -1.88. The zero-order valence-corrected chi connectivity index (χ0v) is 13.2. The number of carbonyl (C=O) groups excluding carboxylic acids is 2. The minimum Gasteiger partial charge on any atom is -0.450 e. The van der Waals surface area contributed by atoms with E-state index in [1.54, 1.807) is 4.90 Å². The largest absolute Gasteiger partial charge is 0.450 e. The van der Waals surface area contributed by atoms with E-state index in [1.807, 2.05) is 37.3 Å². The van der Waals surface area contributed by atoms with Crippen molar-refractivity contribution in [3.63, 3.8) is 0 Å². The molecule has 0 aliphatic carbocycles. The molecule has 0 radical (unpaired) electrons. The highest BCUT2D eigenvalue weighted by Crippen LogP contribution is 2.08. The van der Waals surface area contributed by atoms with Crippen LogP contribution in [0.5, 0.6) is 0 Å². The zero-order chi connectivity index (χ0) is 15.8. The molecule has 1 aromatic carbocycles. The van der Waals surface area contributed by atoms with Gasteiger partial charge < -0.3 is 9.64 Å². The Bertz CT molecular complexity index is 482. The van der Waals surface area contributed by atoms with Gasteiger partial charge in [0.15, 0.2) is 5.78 Å². The van der Waals surface area contributed by atoms with Gasteiger partial charge in [0.1, 0.15) is 0 Å². The summed E-state index contributed by atoms with van der Waals surface area (Å²) in [5, 5.41) is 0. The minimum absolute atomic E-state index is 0.200. The van der Waals surface area contributed by atoms with E-state index in [4.69, 9.17) is 4.74 Å². The number of ketones is 1. The van der Waals surface area contributed by atoms with Crippen LogP contribution in [0, 0.1) is 0 Å². The van der Waals surface area contributed by atoms with E-state index in [9.17, 15) is 9.59 Å². The van der Waals surface area contributed by atoms with Gasteiger partial charge in [-0.1, -0.05) is 30.3 Å². The third kappa shape index (κ3) is 4.84. The summed E-state index contributed by atoms with van der Waals surface area (Å²) in [4.78, 5) is 27.7. The Labute approximate surface area is 131 Å². The van der Waals surface area contributed by atoms with Crippen molar-refractivity contribution < 1.29 is 14.3 Å². The van der Waals surface area contributed by atoms with Crippen molar-refractivity contribution in [2.24, 2.45) is 0 Å². The second-order valence-electron chi connectivity index (χ2n) is 5.42. The fourth-order valence-electron chi connectivity index (χ4n) is 2.60. The minimum atomic E-state index is -0.221. The van der Waals surface area contributed by atoms with Gasteiger partial charge in [-0.15, -0.1) is 0 Å². The lowest BCUT2D eigenvalue weighted by Gasteiger charge is -2.33. The fraction of sp³-hybridized carbons (Fsp3) is 0.529. The maximum Gasteiger partial charge on any atom is 0.409 e. The third-order valence-electron chi connectivity index (χ3n) is 3.87. The van der Waals surface area contributed by atoms with Gasteiger partial charge in [-0.2, -0.15) is 0 Å². The number of benzene rings is 1. The molecule has 1 aliphatic heterocycles. The van der Waals surface area contributed by atoms with E-state index < -0.39 is 0 Å². The summed E-state index contributed by atoms with van der Waals surface area (Å²) >= 11 is 0. The summed E-state index contributed by atoms with van der Waals surface area (Å²) in [5.41, 5.74) is 0.787. The van der Waals surface area contributed by atoms with Crippen LogP contribution in [0.15, 0.2) is 30.3 Å². The predicted octanol–water partition coefficient (Wildman–Crippen LogP) is 2.42. The standard InChI is InChI=1S/C17H24N2O3/c1-2-22-17(21)19-13-11-18(12-14-19)10-6-9-16(20)15-7-4-3-5-8-15/h3-5,7-8H,2,6,9-14H2,1H3. The number of ether oxygens (including phenoxy) is 1. The first-order valence-electron chi connectivity index (χ1n) is 7.93. The number of carbonyl (C=O) groups is 2. The van der Waals surface area contributed by atoms with E-state index in [2.05, 4.69) is 4.90 Å². The van der Waals surface area contributed by atoms with Crippen LogP contribution in [-0.4, -0.2) is 61.0 Å². The molecule has 1 heterocycles. The molecule has 5 heteroatoms. The molecule has 120 valence electrons. The van der Waals surface area contributed by atoms with Crippen LogP contribution < -0.4 is 0 Å². The zero-order valence-electron chi connectivity index (χ0n) is 13.2. The smallest absolute Gasteiger partial charge is 0.409 e. The van der Waals surface area contributed by atoms with Crippen molar-refractivity contribution in [3.8, 4) is 0 Å². The van der Waals surface area contributed by atoms with E-state index >= 15 is 0 Å². The SMILES string of the molecule is CCOC(=O)N1CCN(CCCC(=O)c2ccccc2)CC1. The summed E-state index contributed by atoms with van der Waals surface area (Å²) in [7, 11) is 0. The number of hydrogen-bond acceptors (Lipinski definition) is 4. The maximum absolute atomic E-state index is 12.0. The second kappa shape index (κ2) is 8.54. The molecule has 2 rings (SSSR count). The van der Waals surface area contributed by atoms with Gasteiger partial charge in [-0.3, -0.25) is 9.69 Å². The summed E-state index contributed by atoms with van der Waals surface area (Å²) in [5.74, 6) is 0.200. The van der Waals surface area contributed by atoms with Crippen molar-refractivity contribution in [3.05, 3.63) is 35.9 Å². The van der Waals surface area contributed by atoms with Gasteiger partial charge in [-0.25, -0.2) is 4.79 Å². The number of rotatable bonds is 6. The lowest BCUT2D eigenvalue weighted by atomic mass is 10.1. The highest BCUT2D eigenvalue weighted by Gasteiger charge is 2.21. The molecule has 5 nitrogen and oxygen atoms in total. The van der Waals surface area contributed by atoms with Crippen LogP contribution in [0.1, 0.15) is 30.1 Å². The van der Waals surface area contributed by atoms with Gasteiger partial charge in [0.05, 0.1) is 6.61 Å². The molecule has 0 bridgehead atoms. The molecule has 0 aromatic heterocycles. The molecule has 0 unspecified atom stereocenters. The molecule has 0 saturated carbocycles. The summed E-state index contributed by atoms with van der Waals surface area (Å²) < 4.78 is 5.00. The lowest BCUT2D eigenvalue weighted by Crippen LogP contribution is -2.49. The number of Topliss-reactive ketones (excluding diaryl/α,β-unsaturated/α-hetero) is 1. The molecule has 1 amide bonds. The van der Waals surface area contributed by atoms with Gasteiger partial charge in [-0.05, 0) is 19.9 Å². The molecule has 1 fully saturated rings. The van der Waals surface area contributed by atoms with Gasteiger partial charge in [0.25, 0.3) is 0 Å². The fourth-order valence-corrected chi connectivity index (χ4v) is 2.60.